The van der Waals surface area contributed by atoms with Crippen molar-refractivity contribution in [2.45, 2.75) is 13.3 Å². The summed E-state index contributed by atoms with van der Waals surface area (Å²) < 4.78 is 1.30. The Morgan fingerprint density at radius 1 is 1.62 bits per heavy atom. The van der Waals surface area contributed by atoms with Gasteiger partial charge in [0.05, 0.1) is 0 Å². The zero-order valence-corrected chi connectivity index (χ0v) is 8.51. The Hall–Kier alpha value is -2.49. The molecule has 0 unspecified atom stereocenters. The lowest BCUT2D eigenvalue weighted by atomic mass is 10.4. The van der Waals surface area contributed by atoms with Crippen LogP contribution in [0, 0.1) is 11.3 Å². The Morgan fingerprint density at radius 2 is 2.44 bits per heavy atom. The number of hydrogen-bond acceptors (Lipinski definition) is 5. The van der Waals surface area contributed by atoms with Crippen LogP contribution >= 0.6 is 0 Å². The van der Waals surface area contributed by atoms with E-state index < -0.39 is 0 Å². The highest BCUT2D eigenvalue weighted by molar-refractivity contribution is 5.20. The van der Waals surface area contributed by atoms with Crippen molar-refractivity contribution in [3.63, 3.8) is 0 Å². The first kappa shape index (κ1) is 10.0. The summed E-state index contributed by atoms with van der Waals surface area (Å²) in [6, 6.07) is 3.10. The summed E-state index contributed by atoms with van der Waals surface area (Å²) in [5.74, 6) is 0.964. The van der Waals surface area contributed by atoms with Gasteiger partial charge in [-0.15, -0.1) is 5.10 Å². The molecule has 16 heavy (non-hydrogen) atoms. The van der Waals surface area contributed by atoms with E-state index in [-0.39, 0.29) is 11.4 Å². The Labute approximate surface area is 90.4 Å². The first-order valence-electron chi connectivity index (χ1n) is 4.65. The highest BCUT2D eigenvalue weighted by atomic mass is 16.1. The third kappa shape index (κ3) is 1.81. The van der Waals surface area contributed by atoms with Crippen molar-refractivity contribution in [2.24, 2.45) is 0 Å². The highest BCUT2D eigenvalue weighted by Crippen LogP contribution is 1.99. The average molecular weight is 216 g/mol. The van der Waals surface area contributed by atoms with E-state index >= 15 is 0 Å². The second-order valence-electron chi connectivity index (χ2n) is 3.03. The van der Waals surface area contributed by atoms with Crippen molar-refractivity contribution < 1.29 is 0 Å². The molecule has 0 aliphatic rings. The lowest BCUT2D eigenvalue weighted by Crippen LogP contribution is -2.13. The number of hydrogen-bond donors (Lipinski definition) is 1. The number of aromatic amines is 1. The van der Waals surface area contributed by atoms with Crippen molar-refractivity contribution in [3.8, 4) is 11.9 Å². The normalized spacial score (nSPS) is 10.0. The van der Waals surface area contributed by atoms with Gasteiger partial charge >= 0.3 is 0 Å². The molecular weight excluding hydrogens is 208 g/mol. The topological polar surface area (TPSA) is 100 Å². The number of aromatic nitrogens is 5. The van der Waals surface area contributed by atoms with E-state index in [4.69, 9.17) is 5.26 Å². The molecule has 0 spiro atoms. The van der Waals surface area contributed by atoms with E-state index in [2.05, 4.69) is 20.1 Å². The maximum atomic E-state index is 11.3. The van der Waals surface area contributed by atoms with Crippen molar-refractivity contribution in [1.29, 1.82) is 5.26 Å². The molecule has 1 N–H and O–H groups in total. The number of nitrogens with one attached hydrogen (secondary N) is 1. The first-order chi connectivity index (χ1) is 7.72. The van der Waals surface area contributed by atoms with Crippen LogP contribution in [0.1, 0.15) is 18.6 Å². The van der Waals surface area contributed by atoms with Crippen LogP contribution in [0.2, 0.25) is 0 Å². The van der Waals surface area contributed by atoms with Gasteiger partial charge in [0.15, 0.2) is 5.82 Å². The monoisotopic (exact) mass is 216 g/mol. The van der Waals surface area contributed by atoms with Gasteiger partial charge in [-0.3, -0.25) is 4.79 Å². The molecule has 0 saturated heterocycles. The van der Waals surface area contributed by atoms with Crippen LogP contribution in [0.5, 0.6) is 0 Å². The lowest BCUT2D eigenvalue weighted by molar-refractivity contribution is 0.801. The lowest BCUT2D eigenvalue weighted by Gasteiger charge is -2.00. The Bertz CT molecular complexity index is 605. The smallest absolute Gasteiger partial charge is 0.253 e. The molecule has 0 amide bonds. The molecule has 0 bridgehead atoms. The van der Waals surface area contributed by atoms with Crippen molar-refractivity contribution in [2.75, 3.05) is 0 Å². The summed E-state index contributed by atoms with van der Waals surface area (Å²) in [5, 5.41) is 12.4. The molecular formula is C9H8N6O. The highest BCUT2D eigenvalue weighted by Gasteiger charge is 2.05. The minimum absolute atomic E-state index is 0.0418. The molecule has 0 aromatic carbocycles. The third-order valence-electron chi connectivity index (χ3n) is 1.94. The van der Waals surface area contributed by atoms with Crippen molar-refractivity contribution in [3.05, 3.63) is 34.4 Å². The van der Waals surface area contributed by atoms with E-state index in [1.807, 2.05) is 6.92 Å². The van der Waals surface area contributed by atoms with Gasteiger partial charge in [0.2, 0.25) is 0 Å². The Kier molecular flexibility index (Phi) is 2.47. The third-order valence-corrected chi connectivity index (χ3v) is 1.94. The van der Waals surface area contributed by atoms with Gasteiger partial charge in [0.1, 0.15) is 18.2 Å². The van der Waals surface area contributed by atoms with Gasteiger partial charge in [-0.05, 0) is 0 Å². The van der Waals surface area contributed by atoms with Gasteiger partial charge < -0.3 is 4.98 Å². The van der Waals surface area contributed by atoms with Crippen LogP contribution in [0.3, 0.4) is 0 Å². The predicted molar refractivity (Wildman–Crippen MR) is 53.9 cm³/mol. The molecule has 0 saturated carbocycles. The molecule has 2 aromatic rings. The van der Waals surface area contributed by atoms with Gasteiger partial charge in [-0.2, -0.15) is 5.26 Å². The van der Waals surface area contributed by atoms with Crippen LogP contribution in [0.25, 0.3) is 5.82 Å². The van der Waals surface area contributed by atoms with Crippen LogP contribution in [-0.2, 0) is 6.42 Å². The van der Waals surface area contributed by atoms with Gasteiger partial charge in [0, 0.05) is 12.5 Å². The molecule has 7 heteroatoms. The first-order valence-corrected chi connectivity index (χ1v) is 4.65. The molecule has 2 rings (SSSR count). The average Bonchev–Trinajstić information content (AvgIpc) is 2.76. The second-order valence-corrected chi connectivity index (χ2v) is 3.03. The van der Waals surface area contributed by atoms with E-state index in [0.717, 1.165) is 0 Å². The maximum Gasteiger partial charge on any atom is 0.253 e. The van der Waals surface area contributed by atoms with E-state index in [0.29, 0.717) is 18.1 Å². The van der Waals surface area contributed by atoms with Crippen molar-refractivity contribution >= 4 is 0 Å². The van der Waals surface area contributed by atoms with Crippen molar-refractivity contribution in [1.82, 2.24) is 24.7 Å². The standard InChI is InChI=1S/C9H8N6O/c1-2-6-12-8(3-9(16)13-6)15-5-11-7(4-10)14-15/h3,5H,2H2,1H3,(H,12,13,16). The number of rotatable bonds is 2. The number of nitriles is 1. The zero-order chi connectivity index (χ0) is 11.5. The van der Waals surface area contributed by atoms with E-state index in [1.165, 1.54) is 17.1 Å². The summed E-state index contributed by atoms with van der Waals surface area (Å²) in [6.07, 6.45) is 1.96. The summed E-state index contributed by atoms with van der Waals surface area (Å²) in [6.45, 7) is 1.88. The molecule has 2 aromatic heterocycles. The summed E-state index contributed by atoms with van der Waals surface area (Å²) in [5.41, 5.74) is -0.254. The fourth-order valence-corrected chi connectivity index (χ4v) is 1.20. The van der Waals surface area contributed by atoms with Crippen LogP contribution < -0.4 is 5.56 Å². The minimum Gasteiger partial charge on any atom is -0.310 e. The fourth-order valence-electron chi connectivity index (χ4n) is 1.20. The van der Waals surface area contributed by atoms with E-state index in [1.54, 1.807) is 6.07 Å². The summed E-state index contributed by atoms with van der Waals surface area (Å²) in [7, 11) is 0. The minimum atomic E-state index is -0.254. The zero-order valence-electron chi connectivity index (χ0n) is 8.51. The number of aryl methyl sites for hydroxylation is 1. The van der Waals surface area contributed by atoms with Gasteiger partial charge in [-0.25, -0.2) is 14.6 Å². The molecule has 7 nitrogen and oxygen atoms in total. The SMILES string of the molecule is CCc1nc(-n2cnc(C#N)n2)cc(=O)[nH]1. The molecule has 0 aliphatic heterocycles. The second kappa shape index (κ2) is 3.94. The fraction of sp³-hybridized carbons (Fsp3) is 0.222. The van der Waals surface area contributed by atoms with Crippen LogP contribution in [-0.4, -0.2) is 24.7 Å². The Morgan fingerprint density at radius 3 is 3.06 bits per heavy atom. The molecule has 0 atom stereocenters. The number of nitrogens with zero attached hydrogens (tertiary/aromatic N) is 5. The maximum absolute atomic E-state index is 11.3. The summed E-state index contributed by atoms with van der Waals surface area (Å²) in [4.78, 5) is 21.8. The molecule has 0 fully saturated rings. The van der Waals surface area contributed by atoms with Crippen LogP contribution in [0.15, 0.2) is 17.2 Å². The van der Waals surface area contributed by atoms with E-state index in [9.17, 15) is 4.79 Å². The quantitative estimate of drug-likeness (QED) is 0.748. The Balaban J connectivity index is 2.51. The molecule has 2 heterocycles. The van der Waals surface area contributed by atoms with Crippen LogP contribution in [0.4, 0.5) is 0 Å². The predicted octanol–water partition coefficient (Wildman–Crippen LogP) is -0.215. The molecule has 80 valence electrons. The summed E-state index contributed by atoms with van der Waals surface area (Å²) >= 11 is 0. The molecule has 0 aliphatic carbocycles. The van der Waals surface area contributed by atoms with Gasteiger partial charge in [0.25, 0.3) is 11.4 Å². The molecule has 0 radical (unpaired) electrons. The largest absolute Gasteiger partial charge is 0.310 e. The number of H-pyrrole nitrogens is 1. The van der Waals surface area contributed by atoms with Gasteiger partial charge in [-0.1, -0.05) is 6.92 Å².